The Labute approximate surface area is 86.8 Å². The highest BCUT2D eigenvalue weighted by Gasteiger charge is 2.33. The predicted octanol–water partition coefficient (Wildman–Crippen LogP) is -0.411. The second kappa shape index (κ2) is 4.07. The van der Waals surface area contributed by atoms with Crippen LogP contribution in [0.4, 0.5) is 0 Å². The van der Waals surface area contributed by atoms with Gasteiger partial charge in [0.25, 0.3) is 5.91 Å². The molecule has 1 aromatic heterocycles. The number of oxime groups is 1. The molecule has 15 heavy (non-hydrogen) atoms. The van der Waals surface area contributed by atoms with E-state index in [0.717, 1.165) is 0 Å². The van der Waals surface area contributed by atoms with Gasteiger partial charge in [0.1, 0.15) is 18.2 Å². The maximum atomic E-state index is 11.4. The lowest BCUT2D eigenvalue weighted by Gasteiger charge is -2.24. The third-order valence-corrected chi connectivity index (χ3v) is 2.11. The van der Waals surface area contributed by atoms with Crippen molar-refractivity contribution in [2.75, 3.05) is 7.05 Å². The summed E-state index contributed by atoms with van der Waals surface area (Å²) in [6, 6.07) is 0. The van der Waals surface area contributed by atoms with Gasteiger partial charge in [0.2, 0.25) is 0 Å². The Morgan fingerprint density at radius 1 is 1.60 bits per heavy atom. The molecule has 0 aromatic carbocycles. The second-order valence-corrected chi connectivity index (χ2v) is 3.43. The summed E-state index contributed by atoms with van der Waals surface area (Å²) in [5, 5.41) is 18.1. The molecule has 1 amide bonds. The molecule has 1 aromatic rings. The van der Waals surface area contributed by atoms with E-state index in [-0.39, 0.29) is 5.71 Å². The summed E-state index contributed by atoms with van der Waals surface area (Å²) in [4.78, 5) is 15.2. The summed E-state index contributed by atoms with van der Waals surface area (Å²) in [6.45, 7) is 3.40. The summed E-state index contributed by atoms with van der Waals surface area (Å²) in [6.07, 6.45) is 2.80. The number of hydrogen-bond acceptors (Lipinski definition) is 5. The van der Waals surface area contributed by atoms with Gasteiger partial charge in [-0.25, -0.2) is 9.67 Å². The van der Waals surface area contributed by atoms with Crippen LogP contribution in [0, 0.1) is 0 Å². The average Bonchev–Trinajstić information content (AvgIpc) is 2.71. The second-order valence-electron chi connectivity index (χ2n) is 3.43. The number of rotatable bonds is 3. The molecule has 0 unspecified atom stereocenters. The summed E-state index contributed by atoms with van der Waals surface area (Å²) in [7, 11) is 1.46. The smallest absolute Gasteiger partial charge is 0.271 e. The number of amides is 1. The molecule has 0 atom stereocenters. The summed E-state index contributed by atoms with van der Waals surface area (Å²) in [5.41, 5.74) is -0.888. The van der Waals surface area contributed by atoms with Crippen LogP contribution in [0.1, 0.15) is 13.8 Å². The third kappa shape index (κ3) is 1.95. The molecule has 0 aliphatic rings. The van der Waals surface area contributed by atoms with Crippen LogP contribution in [0.5, 0.6) is 0 Å². The molecule has 1 heterocycles. The van der Waals surface area contributed by atoms with Crippen LogP contribution in [-0.4, -0.2) is 38.6 Å². The molecule has 2 N–H and O–H groups in total. The first-order valence-electron chi connectivity index (χ1n) is 4.33. The van der Waals surface area contributed by atoms with Gasteiger partial charge in [0.05, 0.1) is 0 Å². The van der Waals surface area contributed by atoms with E-state index in [9.17, 15) is 4.79 Å². The number of carbonyl (C=O) groups is 1. The first kappa shape index (κ1) is 11.2. The van der Waals surface area contributed by atoms with Crippen molar-refractivity contribution in [1.29, 1.82) is 0 Å². The molecule has 0 aliphatic carbocycles. The van der Waals surface area contributed by atoms with Crippen molar-refractivity contribution in [3.8, 4) is 0 Å². The van der Waals surface area contributed by atoms with Gasteiger partial charge in [-0.05, 0) is 13.8 Å². The standard InChI is InChI=1S/C8H13N5O2/c1-8(2,13-5-10-4-11-13)6(12-15)7(14)9-3/h4-5,15H,1-3H3,(H,9,14). The van der Waals surface area contributed by atoms with Crippen molar-refractivity contribution in [1.82, 2.24) is 20.1 Å². The minimum Gasteiger partial charge on any atom is -0.410 e. The molecular weight excluding hydrogens is 198 g/mol. The van der Waals surface area contributed by atoms with E-state index in [2.05, 4.69) is 20.6 Å². The number of aromatic nitrogens is 3. The van der Waals surface area contributed by atoms with Gasteiger partial charge < -0.3 is 10.5 Å². The topological polar surface area (TPSA) is 92.4 Å². The SMILES string of the molecule is CNC(=O)C(=NO)C(C)(C)n1cncn1. The van der Waals surface area contributed by atoms with Crippen molar-refractivity contribution >= 4 is 11.6 Å². The number of carbonyl (C=O) groups excluding carboxylic acids is 1. The zero-order chi connectivity index (χ0) is 11.5. The highest BCUT2D eigenvalue weighted by Crippen LogP contribution is 2.15. The van der Waals surface area contributed by atoms with Gasteiger partial charge in [-0.15, -0.1) is 0 Å². The molecule has 7 nitrogen and oxygen atoms in total. The summed E-state index contributed by atoms with van der Waals surface area (Å²) >= 11 is 0. The molecule has 0 radical (unpaired) electrons. The largest absolute Gasteiger partial charge is 0.410 e. The quantitative estimate of drug-likeness (QED) is 0.404. The Morgan fingerprint density at radius 3 is 2.67 bits per heavy atom. The fraction of sp³-hybridized carbons (Fsp3) is 0.500. The zero-order valence-corrected chi connectivity index (χ0v) is 8.80. The van der Waals surface area contributed by atoms with Crippen LogP contribution < -0.4 is 5.32 Å². The molecule has 0 bridgehead atoms. The van der Waals surface area contributed by atoms with E-state index in [1.807, 2.05) is 0 Å². The molecule has 82 valence electrons. The van der Waals surface area contributed by atoms with Gasteiger partial charge in [-0.1, -0.05) is 5.16 Å². The molecule has 0 aliphatic heterocycles. The summed E-state index contributed by atoms with van der Waals surface area (Å²) in [5.74, 6) is -0.460. The highest BCUT2D eigenvalue weighted by atomic mass is 16.4. The van der Waals surface area contributed by atoms with Crippen LogP contribution in [-0.2, 0) is 10.3 Å². The minimum absolute atomic E-state index is 0.0319. The van der Waals surface area contributed by atoms with E-state index in [0.29, 0.717) is 0 Å². The zero-order valence-electron chi connectivity index (χ0n) is 8.80. The first-order chi connectivity index (χ1) is 7.04. The van der Waals surface area contributed by atoms with Gasteiger partial charge in [0.15, 0.2) is 5.71 Å². The summed E-state index contributed by atoms with van der Waals surface area (Å²) < 4.78 is 1.44. The van der Waals surface area contributed by atoms with Crippen molar-refractivity contribution in [3.05, 3.63) is 12.7 Å². The van der Waals surface area contributed by atoms with Gasteiger partial charge in [-0.2, -0.15) is 5.10 Å². The fourth-order valence-corrected chi connectivity index (χ4v) is 1.17. The van der Waals surface area contributed by atoms with Crippen LogP contribution in [0.2, 0.25) is 0 Å². The molecule has 1 rings (SSSR count). The third-order valence-electron chi connectivity index (χ3n) is 2.11. The van der Waals surface area contributed by atoms with Gasteiger partial charge in [-0.3, -0.25) is 4.79 Å². The molecular formula is C8H13N5O2. The molecule has 0 fully saturated rings. The van der Waals surface area contributed by atoms with Crippen molar-refractivity contribution in [3.63, 3.8) is 0 Å². The molecule has 0 saturated carbocycles. The van der Waals surface area contributed by atoms with Gasteiger partial charge >= 0.3 is 0 Å². The molecule has 0 saturated heterocycles. The fourth-order valence-electron chi connectivity index (χ4n) is 1.17. The van der Waals surface area contributed by atoms with Crippen molar-refractivity contribution < 1.29 is 10.0 Å². The number of nitrogens with zero attached hydrogens (tertiary/aromatic N) is 4. The Kier molecular flexibility index (Phi) is 3.03. The first-order valence-corrected chi connectivity index (χ1v) is 4.33. The van der Waals surface area contributed by atoms with Crippen LogP contribution >= 0.6 is 0 Å². The van der Waals surface area contributed by atoms with Crippen LogP contribution in [0.3, 0.4) is 0 Å². The Bertz CT molecular complexity index is 368. The van der Waals surface area contributed by atoms with E-state index >= 15 is 0 Å². The van der Waals surface area contributed by atoms with Crippen molar-refractivity contribution in [2.24, 2.45) is 5.16 Å². The normalized spacial score (nSPS) is 12.6. The highest BCUT2D eigenvalue weighted by molar-refractivity contribution is 6.41. The van der Waals surface area contributed by atoms with E-state index in [1.165, 1.54) is 24.4 Å². The number of hydrogen-bond donors (Lipinski definition) is 2. The Morgan fingerprint density at radius 2 is 2.27 bits per heavy atom. The molecule has 7 heteroatoms. The maximum Gasteiger partial charge on any atom is 0.271 e. The minimum atomic E-state index is -0.856. The lowest BCUT2D eigenvalue weighted by molar-refractivity contribution is -0.114. The lowest BCUT2D eigenvalue weighted by Crippen LogP contribution is -2.45. The average molecular weight is 211 g/mol. The monoisotopic (exact) mass is 211 g/mol. The predicted molar refractivity (Wildman–Crippen MR) is 52.6 cm³/mol. The van der Waals surface area contributed by atoms with E-state index in [1.54, 1.807) is 13.8 Å². The van der Waals surface area contributed by atoms with Crippen LogP contribution in [0.15, 0.2) is 17.8 Å². The van der Waals surface area contributed by atoms with Crippen molar-refractivity contribution in [2.45, 2.75) is 19.4 Å². The Hall–Kier alpha value is -1.92. The van der Waals surface area contributed by atoms with Gasteiger partial charge in [0, 0.05) is 7.05 Å². The Balaban J connectivity index is 3.09. The van der Waals surface area contributed by atoms with E-state index in [4.69, 9.17) is 5.21 Å². The number of nitrogens with one attached hydrogen (secondary N) is 1. The molecule has 0 spiro atoms. The van der Waals surface area contributed by atoms with Crippen LogP contribution in [0.25, 0.3) is 0 Å². The van der Waals surface area contributed by atoms with E-state index < -0.39 is 11.4 Å². The maximum absolute atomic E-state index is 11.4. The lowest BCUT2D eigenvalue weighted by atomic mass is 9.98.